The topological polar surface area (TPSA) is 80.3 Å². The van der Waals surface area contributed by atoms with E-state index in [0.717, 1.165) is 0 Å². The zero-order valence-electron chi connectivity index (χ0n) is 11.3. The number of hydrogen-bond donors (Lipinski definition) is 2. The highest BCUT2D eigenvalue weighted by Crippen LogP contribution is 2.07. The largest absolute Gasteiger partial charge is 0.484 e. The highest BCUT2D eigenvalue weighted by Gasteiger charge is 2.06. The predicted molar refractivity (Wildman–Crippen MR) is 77.8 cm³/mol. The van der Waals surface area contributed by atoms with Gasteiger partial charge in [-0.15, -0.1) is 0 Å². The summed E-state index contributed by atoms with van der Waals surface area (Å²) >= 11 is 0. The van der Waals surface area contributed by atoms with Crippen molar-refractivity contribution in [3.63, 3.8) is 0 Å². The molecule has 0 saturated heterocycles. The number of para-hydroxylation sites is 1. The van der Waals surface area contributed by atoms with E-state index in [4.69, 9.17) is 4.74 Å². The first-order valence-electron chi connectivity index (χ1n) is 6.38. The molecule has 0 fully saturated rings. The highest BCUT2D eigenvalue weighted by atomic mass is 16.5. The van der Waals surface area contributed by atoms with Crippen molar-refractivity contribution < 1.29 is 14.3 Å². The molecule has 0 saturated carbocycles. The van der Waals surface area contributed by atoms with E-state index in [1.165, 1.54) is 6.20 Å². The molecule has 1 aromatic carbocycles. The number of nitrogens with one attached hydrogen (secondary N) is 2. The first-order valence-corrected chi connectivity index (χ1v) is 6.38. The Labute approximate surface area is 122 Å². The molecule has 0 aliphatic carbocycles. The van der Waals surface area contributed by atoms with Crippen molar-refractivity contribution in [3.8, 4) is 5.75 Å². The van der Waals surface area contributed by atoms with E-state index in [1.807, 2.05) is 18.2 Å². The van der Waals surface area contributed by atoms with Crippen LogP contribution in [0, 0.1) is 0 Å². The molecule has 0 bridgehead atoms. The molecular formula is C15H15N3O3. The molecule has 21 heavy (non-hydrogen) atoms. The summed E-state index contributed by atoms with van der Waals surface area (Å²) in [6.45, 7) is -0.254. The molecule has 2 aromatic rings. The van der Waals surface area contributed by atoms with E-state index in [2.05, 4.69) is 15.6 Å². The van der Waals surface area contributed by atoms with Crippen LogP contribution in [-0.2, 0) is 9.59 Å². The SMILES string of the molecule is O=C(COc1ccccc1)NCC(=O)Nc1cccnc1. The molecule has 2 amide bonds. The quantitative estimate of drug-likeness (QED) is 0.836. The summed E-state index contributed by atoms with van der Waals surface area (Å²) in [5, 5.41) is 5.09. The van der Waals surface area contributed by atoms with Crippen molar-refractivity contribution in [2.24, 2.45) is 0 Å². The van der Waals surface area contributed by atoms with Crippen LogP contribution in [0.2, 0.25) is 0 Å². The van der Waals surface area contributed by atoms with Crippen LogP contribution in [0.5, 0.6) is 5.75 Å². The van der Waals surface area contributed by atoms with E-state index in [-0.39, 0.29) is 25.0 Å². The number of amides is 2. The molecule has 1 aromatic heterocycles. The van der Waals surface area contributed by atoms with Crippen LogP contribution in [0.25, 0.3) is 0 Å². The maximum Gasteiger partial charge on any atom is 0.258 e. The van der Waals surface area contributed by atoms with E-state index in [9.17, 15) is 9.59 Å². The lowest BCUT2D eigenvalue weighted by atomic mass is 10.3. The second-order valence-electron chi connectivity index (χ2n) is 4.17. The van der Waals surface area contributed by atoms with E-state index in [1.54, 1.807) is 30.5 Å². The minimum atomic E-state index is -0.361. The van der Waals surface area contributed by atoms with Crippen LogP contribution in [-0.4, -0.2) is 29.9 Å². The lowest BCUT2D eigenvalue weighted by Gasteiger charge is -2.08. The molecule has 6 nitrogen and oxygen atoms in total. The average molecular weight is 285 g/mol. The number of rotatable bonds is 6. The van der Waals surface area contributed by atoms with Gasteiger partial charge in [-0.25, -0.2) is 0 Å². The molecule has 108 valence electrons. The van der Waals surface area contributed by atoms with E-state index < -0.39 is 0 Å². The van der Waals surface area contributed by atoms with E-state index in [0.29, 0.717) is 11.4 Å². The Bertz CT molecular complexity index is 588. The van der Waals surface area contributed by atoms with Gasteiger partial charge in [-0.1, -0.05) is 18.2 Å². The summed E-state index contributed by atoms with van der Waals surface area (Å²) < 4.78 is 5.26. The standard InChI is InChI=1S/C15H15N3O3/c19-14(18-12-5-4-8-16-9-12)10-17-15(20)11-21-13-6-2-1-3-7-13/h1-9H,10-11H2,(H,17,20)(H,18,19). The number of carbonyl (C=O) groups is 2. The van der Waals surface area contributed by atoms with Gasteiger partial charge in [0.2, 0.25) is 5.91 Å². The molecule has 0 aliphatic heterocycles. The zero-order chi connectivity index (χ0) is 14.9. The van der Waals surface area contributed by atoms with Crippen LogP contribution in [0.15, 0.2) is 54.9 Å². The van der Waals surface area contributed by atoms with Gasteiger partial charge in [0, 0.05) is 6.20 Å². The van der Waals surface area contributed by atoms with Crippen LogP contribution in [0.3, 0.4) is 0 Å². The maximum atomic E-state index is 11.6. The number of nitrogens with zero attached hydrogens (tertiary/aromatic N) is 1. The Morgan fingerprint density at radius 3 is 2.57 bits per heavy atom. The fraction of sp³-hybridized carbons (Fsp3) is 0.133. The Balaban J connectivity index is 1.68. The highest BCUT2D eigenvalue weighted by molar-refractivity contribution is 5.94. The van der Waals surface area contributed by atoms with Crippen molar-refractivity contribution >= 4 is 17.5 Å². The number of benzene rings is 1. The second kappa shape index (κ2) is 7.64. The summed E-state index contributed by atoms with van der Waals surface area (Å²) in [6.07, 6.45) is 3.14. The number of ether oxygens (including phenoxy) is 1. The normalized spacial score (nSPS) is 9.71. The number of carbonyl (C=O) groups excluding carboxylic acids is 2. The van der Waals surface area contributed by atoms with Gasteiger partial charge in [-0.2, -0.15) is 0 Å². The number of pyridine rings is 1. The third kappa shape index (κ3) is 5.32. The van der Waals surface area contributed by atoms with Gasteiger partial charge >= 0.3 is 0 Å². The third-order valence-electron chi connectivity index (χ3n) is 2.50. The Hall–Kier alpha value is -2.89. The first kappa shape index (κ1) is 14.5. The lowest BCUT2D eigenvalue weighted by Crippen LogP contribution is -2.35. The van der Waals surface area contributed by atoms with Crippen molar-refractivity contribution in [3.05, 3.63) is 54.9 Å². The average Bonchev–Trinajstić information content (AvgIpc) is 2.53. The molecule has 6 heteroatoms. The van der Waals surface area contributed by atoms with Crippen LogP contribution >= 0.6 is 0 Å². The molecule has 1 heterocycles. The molecule has 0 aliphatic rings. The van der Waals surface area contributed by atoms with Crippen LogP contribution in [0.4, 0.5) is 5.69 Å². The third-order valence-corrected chi connectivity index (χ3v) is 2.50. The minimum absolute atomic E-state index is 0.119. The van der Waals surface area contributed by atoms with Crippen molar-refractivity contribution in [2.45, 2.75) is 0 Å². The smallest absolute Gasteiger partial charge is 0.258 e. The van der Waals surface area contributed by atoms with Gasteiger partial charge < -0.3 is 15.4 Å². The monoisotopic (exact) mass is 285 g/mol. The van der Waals surface area contributed by atoms with E-state index >= 15 is 0 Å². The summed E-state index contributed by atoms with van der Waals surface area (Å²) in [6, 6.07) is 12.4. The molecular weight excluding hydrogens is 270 g/mol. The van der Waals surface area contributed by atoms with Gasteiger partial charge in [0.1, 0.15) is 5.75 Å². The van der Waals surface area contributed by atoms with Gasteiger partial charge in [0.05, 0.1) is 18.4 Å². The summed E-state index contributed by atoms with van der Waals surface area (Å²) in [5.74, 6) is -0.0799. The summed E-state index contributed by atoms with van der Waals surface area (Å²) in [7, 11) is 0. The minimum Gasteiger partial charge on any atom is -0.484 e. The molecule has 0 spiro atoms. The summed E-state index contributed by atoms with van der Waals surface area (Å²) in [4.78, 5) is 27.0. The molecule has 2 rings (SSSR count). The van der Waals surface area contributed by atoms with Gasteiger partial charge in [0.15, 0.2) is 6.61 Å². The van der Waals surface area contributed by atoms with Gasteiger partial charge in [0.25, 0.3) is 5.91 Å². The number of hydrogen-bond acceptors (Lipinski definition) is 4. The Morgan fingerprint density at radius 2 is 1.86 bits per heavy atom. The fourth-order valence-corrected chi connectivity index (χ4v) is 1.54. The second-order valence-corrected chi connectivity index (χ2v) is 4.17. The molecule has 2 N–H and O–H groups in total. The Kier molecular flexibility index (Phi) is 5.28. The number of anilines is 1. The number of aromatic nitrogens is 1. The van der Waals surface area contributed by atoms with Crippen molar-refractivity contribution in [1.29, 1.82) is 0 Å². The van der Waals surface area contributed by atoms with Gasteiger partial charge in [-0.05, 0) is 24.3 Å². The van der Waals surface area contributed by atoms with Crippen LogP contribution < -0.4 is 15.4 Å². The van der Waals surface area contributed by atoms with Crippen LogP contribution in [0.1, 0.15) is 0 Å². The Morgan fingerprint density at radius 1 is 1.05 bits per heavy atom. The summed E-state index contributed by atoms with van der Waals surface area (Å²) in [5.41, 5.74) is 0.581. The fourth-order valence-electron chi connectivity index (χ4n) is 1.54. The lowest BCUT2D eigenvalue weighted by molar-refractivity contribution is -0.125. The molecule has 0 atom stereocenters. The molecule has 0 unspecified atom stereocenters. The van der Waals surface area contributed by atoms with Gasteiger partial charge in [-0.3, -0.25) is 14.6 Å². The molecule has 0 radical (unpaired) electrons. The maximum absolute atomic E-state index is 11.6. The van der Waals surface area contributed by atoms with Crippen molar-refractivity contribution in [2.75, 3.05) is 18.5 Å². The zero-order valence-corrected chi connectivity index (χ0v) is 11.3. The first-order chi connectivity index (χ1) is 10.2. The van der Waals surface area contributed by atoms with Crippen molar-refractivity contribution in [1.82, 2.24) is 10.3 Å². The predicted octanol–water partition coefficient (Wildman–Crippen LogP) is 1.22.